The molecule has 1 aromatic heterocycles. The average Bonchev–Trinajstić information content (AvgIpc) is 2.81. The second kappa shape index (κ2) is 6.28. The normalized spacial score (nSPS) is 11.6. The van der Waals surface area contributed by atoms with Crippen LogP contribution in [-0.4, -0.2) is 25.2 Å². The van der Waals surface area contributed by atoms with Crippen LogP contribution in [0.3, 0.4) is 0 Å². The third-order valence-electron chi connectivity index (χ3n) is 3.08. The quantitative estimate of drug-likeness (QED) is 0.761. The molecule has 0 bridgehead atoms. The molecule has 2 rings (SSSR count). The van der Waals surface area contributed by atoms with Crippen molar-refractivity contribution in [2.24, 2.45) is 0 Å². The van der Waals surface area contributed by atoms with Crippen LogP contribution >= 0.6 is 0 Å². The molecular formula is C14H20N4O2S. The van der Waals surface area contributed by atoms with Gasteiger partial charge in [-0.25, -0.2) is 8.42 Å². The predicted molar refractivity (Wildman–Crippen MR) is 82.7 cm³/mol. The first-order chi connectivity index (χ1) is 9.94. The lowest BCUT2D eigenvalue weighted by atomic mass is 10.2. The number of aromatic nitrogens is 2. The highest BCUT2D eigenvalue weighted by atomic mass is 32.2. The number of sulfonamides is 1. The van der Waals surface area contributed by atoms with Gasteiger partial charge >= 0.3 is 0 Å². The summed E-state index contributed by atoms with van der Waals surface area (Å²) >= 11 is 0. The van der Waals surface area contributed by atoms with Gasteiger partial charge in [-0.1, -0.05) is 24.6 Å². The molecule has 2 aromatic rings. The van der Waals surface area contributed by atoms with E-state index in [1.54, 1.807) is 19.1 Å². The van der Waals surface area contributed by atoms with Gasteiger partial charge in [0.1, 0.15) is 4.90 Å². The third kappa shape index (κ3) is 3.62. The number of hydrogen-bond donors (Lipinski definition) is 3. The van der Waals surface area contributed by atoms with Crippen molar-refractivity contribution in [3.8, 4) is 0 Å². The Bertz CT molecular complexity index is 705. The van der Waals surface area contributed by atoms with E-state index < -0.39 is 10.0 Å². The Hall–Kier alpha value is -1.86. The van der Waals surface area contributed by atoms with Gasteiger partial charge in [0.25, 0.3) is 10.0 Å². The summed E-state index contributed by atoms with van der Waals surface area (Å²) in [6.07, 6.45) is 0. The van der Waals surface area contributed by atoms with Crippen LogP contribution in [0.15, 0.2) is 29.2 Å². The van der Waals surface area contributed by atoms with Gasteiger partial charge in [0.15, 0.2) is 0 Å². The first-order valence-electron chi connectivity index (χ1n) is 6.78. The highest BCUT2D eigenvalue weighted by Crippen LogP contribution is 2.21. The van der Waals surface area contributed by atoms with E-state index in [0.717, 1.165) is 12.1 Å². The van der Waals surface area contributed by atoms with E-state index in [1.165, 1.54) is 0 Å². The summed E-state index contributed by atoms with van der Waals surface area (Å²) in [5.41, 5.74) is 2.64. The van der Waals surface area contributed by atoms with Crippen LogP contribution in [0.2, 0.25) is 0 Å². The Morgan fingerprint density at radius 2 is 1.86 bits per heavy atom. The zero-order valence-corrected chi connectivity index (χ0v) is 13.2. The molecule has 7 heteroatoms. The minimum atomic E-state index is -3.66. The molecule has 0 saturated heterocycles. The molecule has 114 valence electrons. The monoisotopic (exact) mass is 308 g/mol. The van der Waals surface area contributed by atoms with Gasteiger partial charge in [0, 0.05) is 12.2 Å². The summed E-state index contributed by atoms with van der Waals surface area (Å²) in [6, 6.07) is 7.21. The van der Waals surface area contributed by atoms with Crippen molar-refractivity contribution in [2.45, 2.75) is 32.2 Å². The molecule has 0 saturated carbocycles. The first kappa shape index (κ1) is 15.5. The van der Waals surface area contributed by atoms with E-state index in [1.807, 2.05) is 26.0 Å². The lowest BCUT2D eigenvalue weighted by Gasteiger charge is -2.09. The molecule has 0 amide bonds. The summed E-state index contributed by atoms with van der Waals surface area (Å²) in [7, 11) is -3.66. The lowest BCUT2D eigenvalue weighted by molar-refractivity contribution is 0.597. The van der Waals surface area contributed by atoms with E-state index >= 15 is 0 Å². The van der Waals surface area contributed by atoms with Crippen LogP contribution < -0.4 is 10.0 Å². The Morgan fingerprint density at radius 1 is 1.19 bits per heavy atom. The number of nitrogens with one attached hydrogen (secondary N) is 3. The van der Waals surface area contributed by atoms with Gasteiger partial charge in [-0.05, 0) is 32.5 Å². The Kier molecular flexibility index (Phi) is 4.64. The van der Waals surface area contributed by atoms with Gasteiger partial charge in [0.05, 0.1) is 11.4 Å². The molecule has 0 unspecified atom stereocenters. The smallest absolute Gasteiger partial charge is 0.265 e. The molecule has 3 N–H and O–H groups in total. The minimum Gasteiger partial charge on any atom is -0.311 e. The van der Waals surface area contributed by atoms with E-state index in [9.17, 15) is 8.42 Å². The molecular weight excluding hydrogens is 288 g/mol. The highest BCUT2D eigenvalue weighted by molar-refractivity contribution is 7.92. The molecule has 0 atom stereocenters. The summed E-state index contributed by atoms with van der Waals surface area (Å²) in [4.78, 5) is 0.212. The largest absolute Gasteiger partial charge is 0.311 e. The van der Waals surface area contributed by atoms with Crippen LogP contribution in [0, 0.1) is 13.8 Å². The number of anilines is 1. The van der Waals surface area contributed by atoms with Crippen molar-refractivity contribution in [3.63, 3.8) is 0 Å². The SMILES string of the molecule is CCNCc1n[nH]c(C)c1S(=O)(=O)Nc1ccc(C)cc1. The summed E-state index contributed by atoms with van der Waals surface area (Å²) in [6.45, 7) is 6.76. The first-order valence-corrected chi connectivity index (χ1v) is 8.26. The molecule has 0 fully saturated rings. The molecule has 21 heavy (non-hydrogen) atoms. The standard InChI is InChI=1S/C14H20N4O2S/c1-4-15-9-13-14(11(3)16-17-13)21(19,20)18-12-7-5-10(2)6-8-12/h5-8,15,18H,4,9H2,1-3H3,(H,16,17). The van der Waals surface area contributed by atoms with Crippen molar-refractivity contribution in [2.75, 3.05) is 11.3 Å². The number of nitrogens with zero attached hydrogens (tertiary/aromatic N) is 1. The maximum absolute atomic E-state index is 12.6. The number of hydrogen-bond acceptors (Lipinski definition) is 4. The Balaban J connectivity index is 2.31. The number of aryl methyl sites for hydroxylation is 2. The number of rotatable bonds is 6. The summed E-state index contributed by atoms with van der Waals surface area (Å²) < 4.78 is 27.7. The third-order valence-corrected chi connectivity index (χ3v) is 4.66. The Labute approximate surface area is 125 Å². The van der Waals surface area contributed by atoms with Crippen LogP contribution in [0.5, 0.6) is 0 Å². The maximum Gasteiger partial charge on any atom is 0.265 e. The molecule has 6 nitrogen and oxygen atoms in total. The van der Waals surface area contributed by atoms with Gasteiger partial charge in [-0.2, -0.15) is 5.10 Å². The van der Waals surface area contributed by atoms with Gasteiger partial charge < -0.3 is 5.32 Å². The van der Waals surface area contributed by atoms with Crippen LogP contribution in [0.25, 0.3) is 0 Å². The Morgan fingerprint density at radius 3 is 2.48 bits per heavy atom. The lowest BCUT2D eigenvalue weighted by Crippen LogP contribution is -2.19. The molecule has 0 aliphatic carbocycles. The van der Waals surface area contributed by atoms with Gasteiger partial charge in [0.2, 0.25) is 0 Å². The summed E-state index contributed by atoms with van der Waals surface area (Å²) in [5.74, 6) is 0. The van der Waals surface area contributed by atoms with Crippen LogP contribution in [0.4, 0.5) is 5.69 Å². The number of H-pyrrole nitrogens is 1. The molecule has 0 aliphatic heterocycles. The van der Waals surface area contributed by atoms with Gasteiger partial charge in [-0.3, -0.25) is 9.82 Å². The van der Waals surface area contributed by atoms with Crippen molar-refractivity contribution >= 4 is 15.7 Å². The topological polar surface area (TPSA) is 86.9 Å². The number of benzene rings is 1. The molecule has 0 aliphatic rings. The maximum atomic E-state index is 12.6. The second-order valence-corrected chi connectivity index (χ2v) is 6.50. The van der Waals surface area contributed by atoms with E-state index in [-0.39, 0.29) is 4.90 Å². The van der Waals surface area contributed by atoms with Crippen LogP contribution in [0.1, 0.15) is 23.9 Å². The highest BCUT2D eigenvalue weighted by Gasteiger charge is 2.24. The van der Waals surface area contributed by atoms with Crippen molar-refractivity contribution in [1.29, 1.82) is 0 Å². The van der Waals surface area contributed by atoms with Gasteiger partial charge in [-0.15, -0.1) is 0 Å². The fraction of sp³-hybridized carbons (Fsp3) is 0.357. The zero-order chi connectivity index (χ0) is 15.5. The molecule has 1 aromatic carbocycles. The van der Waals surface area contributed by atoms with Crippen molar-refractivity contribution < 1.29 is 8.42 Å². The van der Waals surface area contributed by atoms with E-state index in [4.69, 9.17) is 0 Å². The predicted octanol–water partition coefficient (Wildman–Crippen LogP) is 1.94. The fourth-order valence-electron chi connectivity index (χ4n) is 2.02. The molecule has 1 heterocycles. The average molecular weight is 308 g/mol. The van der Waals surface area contributed by atoms with Crippen LogP contribution in [-0.2, 0) is 16.6 Å². The van der Waals surface area contributed by atoms with Crippen molar-refractivity contribution in [1.82, 2.24) is 15.5 Å². The van der Waals surface area contributed by atoms with E-state index in [0.29, 0.717) is 23.6 Å². The van der Waals surface area contributed by atoms with E-state index in [2.05, 4.69) is 20.2 Å². The summed E-state index contributed by atoms with van der Waals surface area (Å²) in [5, 5.41) is 9.89. The molecule has 0 radical (unpaired) electrons. The zero-order valence-electron chi connectivity index (χ0n) is 12.4. The van der Waals surface area contributed by atoms with Crippen molar-refractivity contribution in [3.05, 3.63) is 41.2 Å². The fourth-order valence-corrected chi connectivity index (χ4v) is 3.44. The second-order valence-electron chi connectivity index (χ2n) is 4.88. The molecule has 0 spiro atoms. The number of aromatic amines is 1. The minimum absolute atomic E-state index is 0.212.